The molecule has 0 spiro atoms. The minimum absolute atomic E-state index is 0.0268. The summed E-state index contributed by atoms with van der Waals surface area (Å²) < 4.78 is 6.81. The summed E-state index contributed by atoms with van der Waals surface area (Å²) in [5.41, 5.74) is 0.362. The number of nitrogens with one attached hydrogen (secondary N) is 2. The standard InChI is InChI=1S/C19H25N5O5/c1-13(2)23-17(10-12-21-23)22-19(26)14(3)29-18(25)9-6-11-20-15-7-4-5-8-16(15)24(27)28/h4-5,7-8,10,12-14,20H,6,9,11H2,1-3H3,(H,22,26)/t14-/m0/s1. The van der Waals surface area contributed by atoms with Crippen LogP contribution < -0.4 is 10.6 Å². The lowest BCUT2D eigenvalue weighted by Crippen LogP contribution is -2.31. The number of hydrogen-bond donors (Lipinski definition) is 2. The number of ether oxygens (including phenoxy) is 1. The molecular formula is C19H25N5O5. The highest BCUT2D eigenvalue weighted by Crippen LogP contribution is 2.23. The molecule has 1 amide bonds. The largest absolute Gasteiger partial charge is 0.453 e. The molecule has 0 unspecified atom stereocenters. The number of hydrogen-bond acceptors (Lipinski definition) is 7. The lowest BCUT2D eigenvalue weighted by Gasteiger charge is -2.15. The van der Waals surface area contributed by atoms with Crippen LogP contribution in [0.4, 0.5) is 17.2 Å². The summed E-state index contributed by atoms with van der Waals surface area (Å²) in [6, 6.07) is 8.02. The topological polar surface area (TPSA) is 128 Å². The van der Waals surface area contributed by atoms with Gasteiger partial charge in [0.25, 0.3) is 11.6 Å². The molecule has 0 radical (unpaired) electrons. The van der Waals surface area contributed by atoms with Gasteiger partial charge in [0.05, 0.1) is 11.1 Å². The first kappa shape index (κ1) is 21.9. The Morgan fingerprint density at radius 1 is 1.24 bits per heavy atom. The Morgan fingerprint density at radius 3 is 2.66 bits per heavy atom. The molecule has 0 fully saturated rings. The van der Waals surface area contributed by atoms with Crippen LogP contribution in [0.15, 0.2) is 36.5 Å². The van der Waals surface area contributed by atoms with Crippen molar-refractivity contribution >= 4 is 29.1 Å². The number of nitro benzene ring substituents is 1. The average molecular weight is 403 g/mol. The second kappa shape index (κ2) is 10.2. The van der Waals surface area contributed by atoms with Crippen molar-refractivity contribution in [2.24, 2.45) is 0 Å². The Labute approximate surface area is 168 Å². The summed E-state index contributed by atoms with van der Waals surface area (Å²) in [6.45, 7) is 5.72. The van der Waals surface area contributed by atoms with Gasteiger partial charge < -0.3 is 15.4 Å². The van der Waals surface area contributed by atoms with Gasteiger partial charge in [-0.3, -0.25) is 19.7 Å². The molecule has 1 heterocycles. The summed E-state index contributed by atoms with van der Waals surface area (Å²) in [4.78, 5) is 34.7. The first-order valence-electron chi connectivity index (χ1n) is 9.30. The number of nitro groups is 1. The Bertz CT molecular complexity index is 864. The number of amides is 1. The number of aromatic nitrogens is 2. The van der Waals surface area contributed by atoms with Gasteiger partial charge in [-0.15, -0.1) is 0 Å². The number of rotatable bonds is 10. The van der Waals surface area contributed by atoms with Gasteiger partial charge >= 0.3 is 5.97 Å². The molecule has 10 heteroatoms. The third-order valence-corrected chi connectivity index (χ3v) is 4.06. The highest BCUT2D eigenvalue weighted by atomic mass is 16.6. The molecule has 0 saturated heterocycles. The van der Waals surface area contributed by atoms with E-state index >= 15 is 0 Å². The normalized spacial score (nSPS) is 11.7. The molecule has 0 aliphatic carbocycles. The van der Waals surface area contributed by atoms with Gasteiger partial charge in [-0.2, -0.15) is 5.10 Å². The zero-order valence-electron chi connectivity index (χ0n) is 16.6. The molecule has 0 aliphatic heterocycles. The molecule has 2 aromatic rings. The molecular weight excluding hydrogens is 378 g/mol. The van der Waals surface area contributed by atoms with E-state index < -0.39 is 22.9 Å². The maximum atomic E-state index is 12.2. The number of carbonyl (C=O) groups is 2. The first-order chi connectivity index (χ1) is 13.8. The van der Waals surface area contributed by atoms with Gasteiger partial charge in [0.1, 0.15) is 11.5 Å². The minimum atomic E-state index is -0.957. The monoisotopic (exact) mass is 403 g/mol. The molecule has 1 aromatic carbocycles. The molecule has 156 valence electrons. The lowest BCUT2D eigenvalue weighted by molar-refractivity contribution is -0.384. The van der Waals surface area contributed by atoms with E-state index in [1.807, 2.05) is 13.8 Å². The summed E-state index contributed by atoms with van der Waals surface area (Å²) in [7, 11) is 0. The van der Waals surface area contributed by atoms with Gasteiger partial charge in [-0.1, -0.05) is 12.1 Å². The van der Waals surface area contributed by atoms with Gasteiger partial charge in [-0.25, -0.2) is 4.68 Å². The van der Waals surface area contributed by atoms with Crippen LogP contribution in [0, 0.1) is 10.1 Å². The highest BCUT2D eigenvalue weighted by molar-refractivity contribution is 5.94. The van der Waals surface area contributed by atoms with Crippen molar-refractivity contribution in [3.8, 4) is 0 Å². The van der Waals surface area contributed by atoms with Crippen molar-refractivity contribution < 1.29 is 19.2 Å². The zero-order chi connectivity index (χ0) is 21.4. The summed E-state index contributed by atoms with van der Waals surface area (Å²) in [5, 5.41) is 20.7. The van der Waals surface area contributed by atoms with E-state index in [0.717, 1.165) is 0 Å². The zero-order valence-corrected chi connectivity index (χ0v) is 16.6. The fourth-order valence-corrected chi connectivity index (χ4v) is 2.60. The summed E-state index contributed by atoms with van der Waals surface area (Å²) in [5.74, 6) is -0.435. The smallest absolute Gasteiger partial charge is 0.306 e. The predicted octanol–water partition coefficient (Wildman–Crippen LogP) is 3.13. The van der Waals surface area contributed by atoms with Crippen molar-refractivity contribution in [3.05, 3.63) is 46.6 Å². The second-order valence-electron chi connectivity index (χ2n) is 6.68. The number of carbonyl (C=O) groups excluding carboxylic acids is 2. The maximum absolute atomic E-state index is 12.2. The lowest BCUT2D eigenvalue weighted by atomic mass is 10.2. The SMILES string of the molecule is CC(C)n1nccc1NC(=O)[C@H](C)OC(=O)CCCNc1ccccc1[N+](=O)[O-]. The van der Waals surface area contributed by atoms with Crippen LogP contribution in [0.3, 0.4) is 0 Å². The quantitative estimate of drug-likeness (QED) is 0.270. The van der Waals surface area contributed by atoms with Crippen molar-refractivity contribution in [2.45, 2.75) is 45.8 Å². The third kappa shape index (κ3) is 6.30. The second-order valence-corrected chi connectivity index (χ2v) is 6.68. The van der Waals surface area contributed by atoms with Crippen LogP contribution in [0.2, 0.25) is 0 Å². The summed E-state index contributed by atoms with van der Waals surface area (Å²) in [6.07, 6.45) is 1.10. The fourth-order valence-electron chi connectivity index (χ4n) is 2.60. The molecule has 0 bridgehead atoms. The Hall–Kier alpha value is -3.43. The Balaban J connectivity index is 1.75. The van der Waals surface area contributed by atoms with Crippen LogP contribution in [0.5, 0.6) is 0 Å². The number of para-hydroxylation sites is 2. The van der Waals surface area contributed by atoms with Crippen LogP contribution in [0.1, 0.15) is 39.7 Å². The number of anilines is 2. The van der Waals surface area contributed by atoms with E-state index in [2.05, 4.69) is 15.7 Å². The van der Waals surface area contributed by atoms with Crippen LogP contribution in [-0.4, -0.2) is 39.2 Å². The van der Waals surface area contributed by atoms with Gasteiger partial charge in [0, 0.05) is 31.1 Å². The van der Waals surface area contributed by atoms with E-state index in [1.165, 1.54) is 13.0 Å². The van der Waals surface area contributed by atoms with Crippen LogP contribution >= 0.6 is 0 Å². The van der Waals surface area contributed by atoms with E-state index in [1.54, 1.807) is 35.1 Å². The van der Waals surface area contributed by atoms with Crippen molar-refractivity contribution in [2.75, 3.05) is 17.2 Å². The van der Waals surface area contributed by atoms with Crippen LogP contribution in [0.25, 0.3) is 0 Å². The minimum Gasteiger partial charge on any atom is -0.453 e. The maximum Gasteiger partial charge on any atom is 0.306 e. The molecule has 10 nitrogen and oxygen atoms in total. The van der Waals surface area contributed by atoms with Gasteiger partial charge in [0.15, 0.2) is 6.10 Å². The highest BCUT2D eigenvalue weighted by Gasteiger charge is 2.19. The fraction of sp³-hybridized carbons (Fsp3) is 0.421. The summed E-state index contributed by atoms with van der Waals surface area (Å²) >= 11 is 0. The average Bonchev–Trinajstić information content (AvgIpc) is 3.13. The number of benzene rings is 1. The first-order valence-corrected chi connectivity index (χ1v) is 9.30. The molecule has 1 atom stereocenters. The molecule has 2 N–H and O–H groups in total. The van der Waals surface area contributed by atoms with Gasteiger partial charge in [-0.05, 0) is 33.3 Å². The molecule has 2 rings (SSSR count). The predicted molar refractivity (Wildman–Crippen MR) is 108 cm³/mol. The van der Waals surface area contributed by atoms with Crippen LogP contribution in [-0.2, 0) is 14.3 Å². The third-order valence-electron chi connectivity index (χ3n) is 4.06. The number of nitrogens with zero attached hydrogens (tertiary/aromatic N) is 3. The van der Waals surface area contributed by atoms with E-state index in [9.17, 15) is 19.7 Å². The number of esters is 1. The van der Waals surface area contributed by atoms with E-state index in [-0.39, 0.29) is 18.2 Å². The Morgan fingerprint density at radius 2 is 1.97 bits per heavy atom. The molecule has 0 aliphatic rings. The Kier molecular flexibility index (Phi) is 7.70. The van der Waals surface area contributed by atoms with Gasteiger partial charge in [0.2, 0.25) is 0 Å². The molecule has 0 saturated carbocycles. The molecule has 29 heavy (non-hydrogen) atoms. The molecule has 1 aromatic heterocycles. The van der Waals surface area contributed by atoms with E-state index in [0.29, 0.717) is 24.5 Å². The van der Waals surface area contributed by atoms with Crippen molar-refractivity contribution in [1.82, 2.24) is 9.78 Å². The van der Waals surface area contributed by atoms with Crippen molar-refractivity contribution in [3.63, 3.8) is 0 Å². The van der Waals surface area contributed by atoms with E-state index in [4.69, 9.17) is 4.74 Å². The van der Waals surface area contributed by atoms with Crippen molar-refractivity contribution in [1.29, 1.82) is 0 Å².